The van der Waals surface area contributed by atoms with E-state index in [4.69, 9.17) is 9.72 Å². The van der Waals surface area contributed by atoms with Crippen molar-refractivity contribution in [3.63, 3.8) is 0 Å². The summed E-state index contributed by atoms with van der Waals surface area (Å²) in [6.45, 7) is 7.31. The molecule has 1 aliphatic heterocycles. The van der Waals surface area contributed by atoms with Crippen molar-refractivity contribution in [2.24, 2.45) is 5.41 Å². The van der Waals surface area contributed by atoms with Gasteiger partial charge in [-0.25, -0.2) is 21.9 Å². The second kappa shape index (κ2) is 11.4. The van der Waals surface area contributed by atoms with Crippen LogP contribution in [0.5, 0.6) is 6.01 Å². The monoisotopic (exact) mass is 637 g/mol. The Morgan fingerprint density at radius 3 is 2.44 bits per heavy atom. The van der Waals surface area contributed by atoms with Gasteiger partial charge in [0.05, 0.1) is 23.8 Å². The zero-order valence-electron chi connectivity index (χ0n) is 24.4. The second-order valence-electron chi connectivity index (χ2n) is 12.6. The average Bonchev–Trinajstić information content (AvgIpc) is 3.33. The maximum atomic E-state index is 13.7. The Bertz CT molecular complexity index is 1600. The summed E-state index contributed by atoms with van der Waals surface area (Å²) in [6, 6.07) is 3.34. The third-order valence-electron chi connectivity index (χ3n) is 8.66. The molecule has 3 N–H and O–H groups in total. The first kappa shape index (κ1) is 30.4. The normalized spacial score (nSPS) is 23.3. The van der Waals surface area contributed by atoms with E-state index < -0.39 is 32.4 Å². The zero-order valence-corrected chi connectivity index (χ0v) is 26.1. The summed E-state index contributed by atoms with van der Waals surface area (Å²) < 4.78 is 63.4. The smallest absolute Gasteiger partial charge is 0.317 e. The number of alkyl halides is 2. The van der Waals surface area contributed by atoms with Crippen LogP contribution in [0.15, 0.2) is 17.0 Å². The average molecular weight is 638 g/mol. The highest BCUT2D eigenvalue weighted by molar-refractivity contribution is 7.89. The molecule has 11 nitrogen and oxygen atoms in total. The highest BCUT2D eigenvalue weighted by atomic mass is 32.2. The summed E-state index contributed by atoms with van der Waals surface area (Å²) in [5.41, 5.74) is 0.261. The molecule has 3 aliphatic rings. The highest BCUT2D eigenvalue weighted by Gasteiger charge is 2.42. The van der Waals surface area contributed by atoms with Crippen LogP contribution >= 0.6 is 11.3 Å². The number of nitrogens with zero attached hydrogens (tertiary/aromatic N) is 5. The molecule has 1 aromatic carbocycles. The number of hydrogen-bond donors (Lipinski definition) is 3. The van der Waals surface area contributed by atoms with E-state index in [0.29, 0.717) is 41.0 Å². The van der Waals surface area contributed by atoms with E-state index in [2.05, 4.69) is 44.0 Å². The maximum absolute atomic E-state index is 13.7. The summed E-state index contributed by atoms with van der Waals surface area (Å²) in [5, 5.41) is 21.3. The van der Waals surface area contributed by atoms with Crippen molar-refractivity contribution >= 4 is 38.0 Å². The van der Waals surface area contributed by atoms with E-state index in [1.54, 1.807) is 6.07 Å². The maximum Gasteiger partial charge on any atom is 0.317 e. The van der Waals surface area contributed by atoms with Crippen LogP contribution in [0.2, 0.25) is 0 Å². The number of aliphatic hydroxyl groups is 1. The van der Waals surface area contributed by atoms with Crippen LogP contribution in [0, 0.1) is 5.41 Å². The van der Waals surface area contributed by atoms with Gasteiger partial charge in [-0.15, -0.1) is 10.2 Å². The van der Waals surface area contributed by atoms with Gasteiger partial charge >= 0.3 is 6.01 Å². The van der Waals surface area contributed by atoms with Gasteiger partial charge in [0.25, 0.3) is 6.43 Å². The Labute approximate surface area is 253 Å². The van der Waals surface area contributed by atoms with Gasteiger partial charge in [0, 0.05) is 41.5 Å². The summed E-state index contributed by atoms with van der Waals surface area (Å²) in [7, 11) is -3.94. The van der Waals surface area contributed by atoms with Crippen molar-refractivity contribution in [3.8, 4) is 16.7 Å². The van der Waals surface area contributed by atoms with E-state index in [1.165, 1.54) is 6.07 Å². The number of rotatable bonds is 10. The fourth-order valence-corrected chi connectivity index (χ4v) is 8.31. The zero-order chi connectivity index (χ0) is 30.6. The number of benzene rings is 1. The SMILES string of the molecule is CC1CN(c2cc(S(=O)(=O)NC3(C)CC3)cc3c(-c4nnc(C(F)F)s4)nc(OCC4(CO)CCCC4)nc23)CC(C)N1. The van der Waals surface area contributed by atoms with Crippen LogP contribution in [0.3, 0.4) is 0 Å². The van der Waals surface area contributed by atoms with Crippen LogP contribution in [-0.4, -0.2) is 77.6 Å². The number of sulfonamides is 1. The van der Waals surface area contributed by atoms with Crippen LogP contribution < -0.4 is 19.7 Å². The van der Waals surface area contributed by atoms with Gasteiger partial charge in [-0.2, -0.15) is 9.97 Å². The van der Waals surface area contributed by atoms with Gasteiger partial charge in [0.15, 0.2) is 10.0 Å². The van der Waals surface area contributed by atoms with Crippen LogP contribution in [-0.2, 0) is 10.0 Å². The highest BCUT2D eigenvalue weighted by Crippen LogP contribution is 2.42. The molecule has 2 aromatic heterocycles. The lowest BCUT2D eigenvalue weighted by Crippen LogP contribution is -2.54. The molecule has 1 saturated heterocycles. The fraction of sp³-hybridized carbons (Fsp3) is 0.643. The Hall–Kier alpha value is -2.59. The lowest BCUT2D eigenvalue weighted by Gasteiger charge is -2.38. The third kappa shape index (κ3) is 6.32. The van der Waals surface area contributed by atoms with Gasteiger partial charge in [0.1, 0.15) is 11.2 Å². The molecule has 43 heavy (non-hydrogen) atoms. The van der Waals surface area contributed by atoms with Crippen LogP contribution in [0.25, 0.3) is 21.6 Å². The predicted molar refractivity (Wildman–Crippen MR) is 159 cm³/mol. The van der Waals surface area contributed by atoms with Crippen molar-refractivity contribution in [1.29, 1.82) is 0 Å². The first-order valence-corrected chi connectivity index (χ1v) is 17.0. The van der Waals surface area contributed by atoms with Crippen molar-refractivity contribution < 1.29 is 27.0 Å². The number of aliphatic hydroxyl groups excluding tert-OH is 1. The molecule has 3 heterocycles. The summed E-state index contributed by atoms with van der Waals surface area (Å²) >= 11 is 0.694. The lowest BCUT2D eigenvalue weighted by molar-refractivity contribution is 0.0677. The number of anilines is 1. The summed E-state index contributed by atoms with van der Waals surface area (Å²) in [5.74, 6) is 0. The Morgan fingerprint density at radius 2 is 1.84 bits per heavy atom. The molecule has 234 valence electrons. The van der Waals surface area contributed by atoms with Gasteiger partial charge in [-0.05, 0) is 58.6 Å². The van der Waals surface area contributed by atoms with E-state index >= 15 is 0 Å². The number of piperazine rings is 1. The number of halogens is 2. The molecule has 2 saturated carbocycles. The van der Waals surface area contributed by atoms with Crippen LogP contribution in [0.1, 0.15) is 70.7 Å². The van der Waals surface area contributed by atoms with Crippen LogP contribution in [0.4, 0.5) is 14.5 Å². The Balaban J connectivity index is 1.54. The molecule has 2 unspecified atom stereocenters. The van der Waals surface area contributed by atoms with Gasteiger partial charge < -0.3 is 20.1 Å². The van der Waals surface area contributed by atoms with Gasteiger partial charge in [-0.3, -0.25) is 0 Å². The Kier molecular flexibility index (Phi) is 8.07. The molecule has 2 atom stereocenters. The van der Waals surface area contributed by atoms with Crippen molar-refractivity contribution in [2.45, 2.75) is 88.2 Å². The number of ether oxygens (including phenoxy) is 1. The number of hydrogen-bond acceptors (Lipinski definition) is 11. The molecule has 15 heteroatoms. The minimum atomic E-state index is -3.94. The number of aromatic nitrogens is 4. The van der Waals surface area contributed by atoms with Crippen molar-refractivity contribution in [2.75, 3.05) is 31.2 Å². The first-order chi connectivity index (χ1) is 20.4. The van der Waals surface area contributed by atoms with Gasteiger partial charge in [-0.1, -0.05) is 24.2 Å². The Morgan fingerprint density at radius 1 is 1.14 bits per heavy atom. The van der Waals surface area contributed by atoms with Crippen molar-refractivity contribution in [3.05, 3.63) is 17.1 Å². The molecule has 0 spiro atoms. The fourth-order valence-electron chi connectivity index (χ4n) is 6.10. The minimum absolute atomic E-state index is 0.00715. The molecule has 3 aromatic rings. The van der Waals surface area contributed by atoms with E-state index in [9.17, 15) is 22.3 Å². The van der Waals surface area contributed by atoms with E-state index in [-0.39, 0.29) is 46.9 Å². The van der Waals surface area contributed by atoms with E-state index in [0.717, 1.165) is 38.5 Å². The second-order valence-corrected chi connectivity index (χ2v) is 15.3. The molecule has 2 aliphatic carbocycles. The molecule has 0 radical (unpaired) electrons. The minimum Gasteiger partial charge on any atom is -0.463 e. The molecule has 0 bridgehead atoms. The standard InChI is InChI=1S/C28H37F2N7O4S2/c1-16-12-37(13-17(2)31-16)20-11-18(43(39,40)36-27(3)8-9-27)10-19-21(20)32-26(41-15-28(14-38)6-4-5-7-28)33-22(19)24-34-35-25(42-24)23(29)30/h10-11,16-17,23,31,36,38H,4-9,12-15H2,1-3H3. The van der Waals surface area contributed by atoms with Gasteiger partial charge in [0.2, 0.25) is 10.0 Å². The lowest BCUT2D eigenvalue weighted by atomic mass is 9.88. The summed E-state index contributed by atoms with van der Waals surface area (Å²) in [4.78, 5) is 11.5. The first-order valence-electron chi connectivity index (χ1n) is 14.7. The molecule has 0 amide bonds. The molecule has 6 rings (SSSR count). The number of nitrogens with one attached hydrogen (secondary N) is 2. The predicted octanol–water partition coefficient (Wildman–Crippen LogP) is 4.03. The molecule has 3 fully saturated rings. The number of fused-ring (bicyclic) bond motifs is 1. The van der Waals surface area contributed by atoms with Crippen molar-refractivity contribution in [1.82, 2.24) is 30.2 Å². The largest absolute Gasteiger partial charge is 0.463 e. The topological polar surface area (TPSA) is 142 Å². The van der Waals surface area contributed by atoms with E-state index in [1.807, 2.05) is 6.92 Å². The molecular weight excluding hydrogens is 600 g/mol. The third-order valence-corrected chi connectivity index (χ3v) is 11.2. The quantitative estimate of drug-likeness (QED) is 0.298. The molecular formula is C28H37F2N7O4S2. The summed E-state index contributed by atoms with van der Waals surface area (Å²) in [6.07, 6.45) is 2.27.